The number of hydrogen-bond donors (Lipinski definition) is 1. The smallest absolute Gasteiger partial charge is 0.275 e. The third kappa shape index (κ3) is 3.53. The van der Waals surface area contributed by atoms with Crippen LogP contribution >= 0.6 is 0 Å². The van der Waals surface area contributed by atoms with Crippen molar-refractivity contribution in [2.75, 3.05) is 26.9 Å². The van der Waals surface area contributed by atoms with E-state index in [-0.39, 0.29) is 42.7 Å². The van der Waals surface area contributed by atoms with Gasteiger partial charge in [-0.3, -0.25) is 9.59 Å². The number of amides is 2. The molecule has 0 unspecified atom stereocenters. The molecule has 2 aliphatic heterocycles. The lowest BCUT2D eigenvalue weighted by atomic mass is 10.1. The second kappa shape index (κ2) is 7.18. The summed E-state index contributed by atoms with van der Waals surface area (Å²) in [6.07, 6.45) is 1.96. The zero-order valence-electron chi connectivity index (χ0n) is 14.8. The van der Waals surface area contributed by atoms with E-state index in [0.29, 0.717) is 36.8 Å². The molecule has 2 aromatic rings. The Bertz CT molecular complexity index is 865. The van der Waals surface area contributed by atoms with Gasteiger partial charge in [-0.05, 0) is 18.6 Å². The Hall–Kier alpha value is -3.23. The SMILES string of the molecule is CNC(=O)[C@H]1CCN(C(=O)c2coc(COc3ccc4c(c3)OCO4)n2)C1. The summed E-state index contributed by atoms with van der Waals surface area (Å²) in [5.41, 5.74) is 0.205. The average molecular weight is 373 g/mol. The summed E-state index contributed by atoms with van der Waals surface area (Å²) in [4.78, 5) is 30.0. The number of fused-ring (bicyclic) bond motifs is 1. The number of hydrogen-bond acceptors (Lipinski definition) is 7. The van der Waals surface area contributed by atoms with Crippen LogP contribution in [0.25, 0.3) is 0 Å². The van der Waals surface area contributed by atoms with Crippen molar-refractivity contribution in [3.05, 3.63) is 36.0 Å². The van der Waals surface area contributed by atoms with Gasteiger partial charge in [0.15, 0.2) is 23.8 Å². The predicted octanol–water partition coefficient (Wildman–Crippen LogP) is 1.19. The van der Waals surface area contributed by atoms with E-state index in [1.165, 1.54) is 6.26 Å². The van der Waals surface area contributed by atoms with Crippen LogP contribution in [0.4, 0.5) is 0 Å². The van der Waals surface area contributed by atoms with Crippen molar-refractivity contribution in [2.24, 2.45) is 5.92 Å². The summed E-state index contributed by atoms with van der Waals surface area (Å²) >= 11 is 0. The van der Waals surface area contributed by atoms with Crippen LogP contribution < -0.4 is 19.5 Å². The van der Waals surface area contributed by atoms with Crippen LogP contribution in [0.2, 0.25) is 0 Å². The van der Waals surface area contributed by atoms with Crippen molar-refractivity contribution in [3.8, 4) is 17.2 Å². The number of ether oxygens (including phenoxy) is 3. The first kappa shape index (κ1) is 17.2. The molecule has 0 spiro atoms. The summed E-state index contributed by atoms with van der Waals surface area (Å²) in [5.74, 6) is 1.68. The van der Waals surface area contributed by atoms with E-state index in [0.717, 1.165) is 0 Å². The van der Waals surface area contributed by atoms with Gasteiger partial charge >= 0.3 is 0 Å². The quantitative estimate of drug-likeness (QED) is 0.840. The van der Waals surface area contributed by atoms with E-state index in [1.807, 2.05) is 0 Å². The highest BCUT2D eigenvalue weighted by Gasteiger charge is 2.32. The highest BCUT2D eigenvalue weighted by Crippen LogP contribution is 2.35. The Morgan fingerprint density at radius 2 is 2.19 bits per heavy atom. The highest BCUT2D eigenvalue weighted by molar-refractivity contribution is 5.93. The average Bonchev–Trinajstić information content (AvgIpc) is 3.45. The molecule has 27 heavy (non-hydrogen) atoms. The number of nitrogens with one attached hydrogen (secondary N) is 1. The molecule has 142 valence electrons. The Morgan fingerprint density at radius 3 is 3.04 bits per heavy atom. The van der Waals surface area contributed by atoms with Crippen LogP contribution in [-0.2, 0) is 11.4 Å². The van der Waals surface area contributed by atoms with Crippen molar-refractivity contribution in [1.82, 2.24) is 15.2 Å². The van der Waals surface area contributed by atoms with E-state index in [1.54, 1.807) is 30.1 Å². The molecule has 1 fully saturated rings. The number of carbonyl (C=O) groups excluding carboxylic acids is 2. The Kier molecular flexibility index (Phi) is 4.57. The van der Waals surface area contributed by atoms with Crippen LogP contribution in [-0.4, -0.2) is 48.6 Å². The Labute approximate surface area is 155 Å². The van der Waals surface area contributed by atoms with Gasteiger partial charge in [-0.15, -0.1) is 0 Å². The van der Waals surface area contributed by atoms with Gasteiger partial charge in [0.1, 0.15) is 12.0 Å². The summed E-state index contributed by atoms with van der Waals surface area (Å²) in [5, 5.41) is 2.61. The third-order valence-corrected chi connectivity index (χ3v) is 4.57. The van der Waals surface area contributed by atoms with Crippen LogP contribution in [0.3, 0.4) is 0 Å². The van der Waals surface area contributed by atoms with Crippen LogP contribution in [0.15, 0.2) is 28.9 Å². The number of oxazole rings is 1. The lowest BCUT2D eigenvalue weighted by Crippen LogP contribution is -2.33. The molecule has 1 atom stereocenters. The summed E-state index contributed by atoms with van der Waals surface area (Å²) in [6.45, 7) is 1.18. The van der Waals surface area contributed by atoms with Gasteiger partial charge in [0.25, 0.3) is 5.91 Å². The van der Waals surface area contributed by atoms with E-state index in [2.05, 4.69) is 10.3 Å². The summed E-state index contributed by atoms with van der Waals surface area (Å²) in [7, 11) is 1.59. The minimum atomic E-state index is -0.250. The molecule has 0 radical (unpaired) electrons. The summed E-state index contributed by atoms with van der Waals surface area (Å²) < 4.78 is 21.5. The Morgan fingerprint density at radius 1 is 1.33 bits per heavy atom. The van der Waals surface area contributed by atoms with Gasteiger partial charge in [-0.1, -0.05) is 0 Å². The maximum Gasteiger partial charge on any atom is 0.275 e. The van der Waals surface area contributed by atoms with E-state index in [4.69, 9.17) is 18.6 Å². The van der Waals surface area contributed by atoms with Gasteiger partial charge in [0.05, 0.1) is 5.92 Å². The maximum absolute atomic E-state index is 12.5. The fraction of sp³-hybridized carbons (Fsp3) is 0.389. The van der Waals surface area contributed by atoms with Gasteiger partial charge in [-0.2, -0.15) is 0 Å². The lowest BCUT2D eigenvalue weighted by molar-refractivity contribution is -0.124. The molecule has 2 amide bonds. The van der Waals surface area contributed by atoms with Crippen molar-refractivity contribution in [2.45, 2.75) is 13.0 Å². The molecule has 1 saturated heterocycles. The molecule has 0 bridgehead atoms. The Balaban J connectivity index is 1.34. The molecule has 0 aliphatic carbocycles. The third-order valence-electron chi connectivity index (χ3n) is 4.57. The van der Waals surface area contributed by atoms with Crippen molar-refractivity contribution >= 4 is 11.8 Å². The lowest BCUT2D eigenvalue weighted by Gasteiger charge is -2.14. The molecule has 9 nitrogen and oxygen atoms in total. The number of likely N-dealkylation sites (tertiary alicyclic amines) is 1. The van der Waals surface area contributed by atoms with Crippen molar-refractivity contribution in [3.63, 3.8) is 0 Å². The zero-order valence-corrected chi connectivity index (χ0v) is 14.8. The highest BCUT2D eigenvalue weighted by atomic mass is 16.7. The topological polar surface area (TPSA) is 103 Å². The van der Waals surface area contributed by atoms with Crippen LogP contribution in [0.5, 0.6) is 17.2 Å². The number of nitrogens with zero attached hydrogens (tertiary/aromatic N) is 2. The van der Waals surface area contributed by atoms with Gasteiger partial charge in [0.2, 0.25) is 18.6 Å². The van der Waals surface area contributed by atoms with Gasteiger partial charge in [0, 0.05) is 26.2 Å². The fourth-order valence-electron chi connectivity index (χ4n) is 3.11. The molecule has 0 saturated carbocycles. The monoisotopic (exact) mass is 373 g/mol. The second-order valence-corrected chi connectivity index (χ2v) is 6.28. The van der Waals surface area contributed by atoms with Gasteiger partial charge in [-0.25, -0.2) is 4.98 Å². The molecule has 1 N–H and O–H groups in total. The van der Waals surface area contributed by atoms with Crippen molar-refractivity contribution < 1.29 is 28.2 Å². The second-order valence-electron chi connectivity index (χ2n) is 6.28. The first-order chi connectivity index (χ1) is 13.1. The number of aromatic nitrogens is 1. The molecule has 2 aliphatic rings. The zero-order chi connectivity index (χ0) is 18.8. The minimum absolute atomic E-state index is 0.0525. The molecular formula is C18H19N3O6. The first-order valence-electron chi connectivity index (χ1n) is 8.62. The molecule has 1 aromatic carbocycles. The molecule has 9 heteroatoms. The maximum atomic E-state index is 12.5. The first-order valence-corrected chi connectivity index (χ1v) is 8.62. The molecular weight excluding hydrogens is 354 g/mol. The van der Waals surface area contributed by atoms with E-state index < -0.39 is 0 Å². The molecule has 4 rings (SSSR count). The van der Waals surface area contributed by atoms with E-state index >= 15 is 0 Å². The predicted molar refractivity (Wildman–Crippen MR) is 91.5 cm³/mol. The number of carbonyl (C=O) groups is 2. The summed E-state index contributed by atoms with van der Waals surface area (Å²) in [6, 6.07) is 5.24. The van der Waals surface area contributed by atoms with Crippen molar-refractivity contribution in [1.29, 1.82) is 0 Å². The van der Waals surface area contributed by atoms with Gasteiger partial charge < -0.3 is 28.8 Å². The number of benzene rings is 1. The van der Waals surface area contributed by atoms with Crippen LogP contribution in [0, 0.1) is 5.92 Å². The fourth-order valence-corrected chi connectivity index (χ4v) is 3.11. The van der Waals surface area contributed by atoms with Crippen LogP contribution in [0.1, 0.15) is 22.8 Å². The standard InChI is InChI=1S/C18H19N3O6/c1-19-17(22)11-4-5-21(7-11)18(23)13-8-25-16(20-13)9-24-12-2-3-14-15(6-12)27-10-26-14/h2-3,6,8,11H,4-5,7,9-10H2,1H3,(H,19,22)/t11-/m0/s1. The molecule has 3 heterocycles. The largest absolute Gasteiger partial charge is 0.484 e. The minimum Gasteiger partial charge on any atom is -0.484 e. The normalized spacial score (nSPS) is 17.8. The molecule has 1 aromatic heterocycles. The van der Waals surface area contributed by atoms with E-state index in [9.17, 15) is 9.59 Å². The number of rotatable bonds is 5.